The van der Waals surface area contributed by atoms with Gasteiger partial charge >= 0.3 is 0 Å². The first-order valence-corrected chi connectivity index (χ1v) is 16.7. The number of aldehydes is 2. The zero-order valence-electron chi connectivity index (χ0n) is 26.7. The molecule has 1 unspecified atom stereocenters. The summed E-state index contributed by atoms with van der Waals surface area (Å²) in [4.78, 5) is 33.0. The SMILES string of the molecule is C/C=C/C=O.CC(Cl)CC(=O)N1CCCCC1.ClCc1ccc2c(c1)OCO2.ClCc1ccccc1.O=Cc1ccc2c(c1)OCO2. The highest BCUT2D eigenvalue weighted by molar-refractivity contribution is 6.21. The summed E-state index contributed by atoms with van der Waals surface area (Å²) in [5.74, 6) is 4.29. The van der Waals surface area contributed by atoms with Gasteiger partial charge in [-0.2, -0.15) is 0 Å². The molecule has 0 bridgehead atoms. The fourth-order valence-electron chi connectivity index (χ4n) is 4.17. The van der Waals surface area contributed by atoms with Crippen molar-refractivity contribution in [1.82, 2.24) is 4.90 Å². The minimum Gasteiger partial charge on any atom is -0.454 e. The van der Waals surface area contributed by atoms with Crippen LogP contribution in [0.4, 0.5) is 0 Å². The van der Waals surface area contributed by atoms with Crippen molar-refractivity contribution in [2.75, 3.05) is 26.7 Å². The van der Waals surface area contributed by atoms with Gasteiger partial charge in [0.25, 0.3) is 0 Å². The summed E-state index contributed by atoms with van der Waals surface area (Å²) in [6.07, 6.45) is 8.72. The molecule has 0 aliphatic carbocycles. The van der Waals surface area contributed by atoms with Gasteiger partial charge in [-0.1, -0.05) is 42.5 Å². The van der Waals surface area contributed by atoms with Crippen molar-refractivity contribution in [2.24, 2.45) is 0 Å². The largest absolute Gasteiger partial charge is 0.454 e. The minimum atomic E-state index is -0.0283. The summed E-state index contributed by atoms with van der Waals surface area (Å²) in [7, 11) is 0. The Kier molecular flexibility index (Phi) is 19.8. The summed E-state index contributed by atoms with van der Waals surface area (Å²) in [6, 6.07) is 20.8. The lowest BCUT2D eigenvalue weighted by Gasteiger charge is -2.27. The van der Waals surface area contributed by atoms with Crippen molar-refractivity contribution in [3.05, 3.63) is 95.6 Å². The van der Waals surface area contributed by atoms with Crippen molar-refractivity contribution in [3.8, 4) is 23.0 Å². The van der Waals surface area contributed by atoms with Gasteiger partial charge in [0.1, 0.15) is 12.6 Å². The van der Waals surface area contributed by atoms with E-state index in [1.807, 2.05) is 60.4 Å². The van der Waals surface area contributed by atoms with Gasteiger partial charge in [-0.3, -0.25) is 14.4 Å². The molecule has 0 radical (unpaired) electrons. The predicted molar refractivity (Wildman–Crippen MR) is 187 cm³/mol. The zero-order chi connectivity index (χ0) is 34.3. The third kappa shape index (κ3) is 15.6. The van der Waals surface area contributed by atoms with Crippen LogP contribution in [0.5, 0.6) is 23.0 Å². The highest BCUT2D eigenvalue weighted by Crippen LogP contribution is 2.33. The van der Waals surface area contributed by atoms with Gasteiger partial charge in [0.15, 0.2) is 23.0 Å². The summed E-state index contributed by atoms with van der Waals surface area (Å²) >= 11 is 16.9. The number of rotatable bonds is 6. The molecule has 0 saturated carbocycles. The Labute approximate surface area is 292 Å². The highest BCUT2D eigenvalue weighted by Gasteiger charge is 2.17. The van der Waals surface area contributed by atoms with E-state index >= 15 is 0 Å². The van der Waals surface area contributed by atoms with Crippen molar-refractivity contribution < 1.29 is 33.3 Å². The molecule has 3 heterocycles. The van der Waals surface area contributed by atoms with E-state index in [1.54, 1.807) is 31.2 Å². The molecular weight excluding hydrogens is 665 g/mol. The number of halogens is 3. The number of piperidine rings is 1. The fourth-order valence-corrected chi connectivity index (χ4v) is 4.65. The molecule has 47 heavy (non-hydrogen) atoms. The average molecular weight is 707 g/mol. The van der Waals surface area contributed by atoms with Crippen molar-refractivity contribution in [2.45, 2.75) is 56.7 Å². The molecule has 0 aromatic heterocycles. The van der Waals surface area contributed by atoms with Crippen LogP contribution < -0.4 is 18.9 Å². The van der Waals surface area contributed by atoms with Crippen LogP contribution >= 0.6 is 34.8 Å². The molecule has 8 nitrogen and oxygen atoms in total. The third-order valence-electron chi connectivity index (χ3n) is 6.56. The lowest BCUT2D eigenvalue weighted by Crippen LogP contribution is -2.36. The fraction of sp³-hybridized carbons (Fsp3) is 0.361. The number of likely N-dealkylation sites (tertiary alicyclic amines) is 1. The number of fused-ring (bicyclic) bond motifs is 2. The van der Waals surface area contributed by atoms with E-state index in [0.717, 1.165) is 55.6 Å². The molecule has 1 fully saturated rings. The number of alkyl halides is 3. The van der Waals surface area contributed by atoms with E-state index in [4.69, 9.17) is 53.8 Å². The number of hydrogen-bond acceptors (Lipinski definition) is 7. The second-order valence-corrected chi connectivity index (χ2v) is 11.5. The molecule has 1 saturated heterocycles. The number of allylic oxidation sites excluding steroid dienone is 2. The van der Waals surface area contributed by atoms with Crippen LogP contribution in [-0.2, 0) is 21.3 Å². The van der Waals surface area contributed by atoms with E-state index < -0.39 is 0 Å². The first-order valence-electron chi connectivity index (χ1n) is 15.2. The molecule has 1 amide bonds. The van der Waals surface area contributed by atoms with Crippen molar-refractivity contribution >= 4 is 53.3 Å². The summed E-state index contributed by atoms with van der Waals surface area (Å²) in [5, 5.41) is -0.0283. The predicted octanol–water partition coefficient (Wildman–Crippen LogP) is 8.59. The Morgan fingerprint density at radius 1 is 0.787 bits per heavy atom. The third-order valence-corrected chi connectivity index (χ3v) is 7.33. The zero-order valence-corrected chi connectivity index (χ0v) is 29.0. The molecule has 3 aromatic carbocycles. The van der Waals surface area contributed by atoms with E-state index in [1.165, 1.54) is 18.1 Å². The molecule has 3 aromatic rings. The first-order chi connectivity index (χ1) is 22.8. The van der Waals surface area contributed by atoms with Gasteiger partial charge in [0.05, 0.1) is 0 Å². The van der Waals surface area contributed by atoms with Gasteiger partial charge in [-0.25, -0.2) is 0 Å². The molecule has 6 rings (SSSR count). The van der Waals surface area contributed by atoms with Crippen LogP contribution in [0.3, 0.4) is 0 Å². The minimum absolute atomic E-state index is 0.0283. The van der Waals surface area contributed by atoms with E-state index in [0.29, 0.717) is 42.0 Å². The number of nitrogens with zero attached hydrogens (tertiary/aromatic N) is 1. The summed E-state index contributed by atoms with van der Waals surface area (Å²) < 4.78 is 20.4. The Morgan fingerprint density at radius 3 is 1.85 bits per heavy atom. The maximum Gasteiger partial charge on any atom is 0.231 e. The number of carbonyl (C=O) groups is 3. The Hall–Kier alpha value is -3.72. The van der Waals surface area contributed by atoms with Crippen molar-refractivity contribution in [3.63, 3.8) is 0 Å². The molecule has 0 N–H and O–H groups in total. The molecule has 3 aliphatic heterocycles. The molecule has 3 aliphatic rings. The van der Waals surface area contributed by atoms with Crippen LogP contribution in [0.2, 0.25) is 0 Å². The maximum atomic E-state index is 11.4. The second kappa shape index (κ2) is 23.6. The monoisotopic (exact) mass is 705 g/mol. The lowest BCUT2D eigenvalue weighted by molar-refractivity contribution is -0.132. The summed E-state index contributed by atoms with van der Waals surface area (Å²) in [5.41, 5.74) is 2.83. The van der Waals surface area contributed by atoms with Crippen LogP contribution in [0, 0.1) is 0 Å². The maximum absolute atomic E-state index is 11.4. The number of carbonyl (C=O) groups excluding carboxylic acids is 3. The first kappa shape index (κ1) is 39.5. The van der Waals surface area contributed by atoms with E-state index in [9.17, 15) is 14.4 Å². The summed E-state index contributed by atoms with van der Waals surface area (Å²) in [6.45, 7) is 6.10. The number of amides is 1. The van der Waals surface area contributed by atoms with E-state index in [2.05, 4.69) is 0 Å². The number of ether oxygens (including phenoxy) is 4. The van der Waals surface area contributed by atoms with Gasteiger partial charge in [0, 0.05) is 42.2 Å². The van der Waals surface area contributed by atoms with Gasteiger partial charge < -0.3 is 23.8 Å². The van der Waals surface area contributed by atoms with Crippen LogP contribution in [0.1, 0.15) is 61.0 Å². The van der Waals surface area contributed by atoms with E-state index in [-0.39, 0.29) is 18.1 Å². The molecule has 0 spiro atoms. The standard InChI is InChI=1S/C9H16ClNO.C8H7ClO2.C8H6O3.C7H7Cl.C4H6O/c1-8(10)7-9(12)11-5-3-2-4-6-11;2*9-4-6-1-2-7-8(3-6)11-5-10-7;8-6-7-4-2-1-3-5-7;1-2-3-4-5/h8H,2-7H2,1H3;1-3H,4-5H2;1-4H,5H2;1-5H,6H2;2-4H,1H3/b;;;;3-2+. The van der Waals surface area contributed by atoms with Gasteiger partial charge in [-0.05, 0) is 80.6 Å². The quantitative estimate of drug-likeness (QED) is 0.144. The topological polar surface area (TPSA) is 91.4 Å². The van der Waals surface area contributed by atoms with Crippen LogP contribution in [0.25, 0.3) is 0 Å². The molecule has 254 valence electrons. The highest BCUT2D eigenvalue weighted by atomic mass is 35.5. The normalized spacial score (nSPS) is 14.0. The smallest absolute Gasteiger partial charge is 0.231 e. The number of hydrogen-bond donors (Lipinski definition) is 0. The van der Waals surface area contributed by atoms with Crippen molar-refractivity contribution in [1.29, 1.82) is 0 Å². The molecule has 11 heteroatoms. The second-order valence-electron chi connectivity index (χ2n) is 10.3. The van der Waals surface area contributed by atoms with Crippen LogP contribution in [0.15, 0.2) is 78.9 Å². The van der Waals surface area contributed by atoms with Gasteiger partial charge in [-0.15, -0.1) is 34.8 Å². The lowest BCUT2D eigenvalue weighted by atomic mass is 10.1. The molecule has 1 atom stereocenters. The Morgan fingerprint density at radius 2 is 1.36 bits per heavy atom. The molecular formula is C36H42Cl3NO7. The Balaban J connectivity index is 0.000000210. The van der Waals surface area contributed by atoms with Gasteiger partial charge in [0.2, 0.25) is 19.5 Å². The van der Waals surface area contributed by atoms with Crippen LogP contribution in [-0.4, -0.2) is 55.4 Å². The number of benzene rings is 3. The Bertz CT molecular complexity index is 1380. The average Bonchev–Trinajstić information content (AvgIpc) is 3.79.